The van der Waals surface area contributed by atoms with Gasteiger partial charge in [0, 0.05) is 42.3 Å². The van der Waals surface area contributed by atoms with Crippen LogP contribution in [-0.2, 0) is 38.8 Å². The van der Waals surface area contributed by atoms with Gasteiger partial charge in [0.25, 0.3) is 5.91 Å². The van der Waals surface area contributed by atoms with Crippen LogP contribution in [0.4, 0.5) is 10.5 Å². The highest BCUT2D eigenvalue weighted by molar-refractivity contribution is 6.31. The molecule has 5 rings (SSSR count). The van der Waals surface area contributed by atoms with Crippen molar-refractivity contribution in [3.05, 3.63) is 63.2 Å². The Bertz CT molecular complexity index is 1400. The Hall–Kier alpha value is -3.47. The van der Waals surface area contributed by atoms with Crippen molar-refractivity contribution in [2.75, 3.05) is 18.4 Å². The van der Waals surface area contributed by atoms with Gasteiger partial charge in [0.15, 0.2) is 0 Å². The van der Waals surface area contributed by atoms with Crippen LogP contribution in [0.5, 0.6) is 0 Å². The minimum Gasteiger partial charge on any atom is -0.444 e. The number of benzene rings is 2. The summed E-state index contributed by atoms with van der Waals surface area (Å²) in [5.74, 6) is -1.05. The summed E-state index contributed by atoms with van der Waals surface area (Å²) in [6.07, 6.45) is 2.52. The smallest absolute Gasteiger partial charge is 0.411 e. The number of likely N-dealkylation sites (N-methyl/N-ethyl adjacent to an activating group) is 1. The summed E-state index contributed by atoms with van der Waals surface area (Å²) in [5.41, 5.74) is 4.42. The first-order chi connectivity index (χ1) is 20.1. The molecule has 42 heavy (non-hydrogen) atoms. The number of piperidine rings is 1. The fourth-order valence-corrected chi connectivity index (χ4v) is 6.06. The lowest BCUT2D eigenvalue weighted by molar-refractivity contribution is -0.136. The summed E-state index contributed by atoms with van der Waals surface area (Å²) in [7, 11) is 0. The molecular weight excluding hydrogens is 560 g/mol. The monoisotopic (exact) mass is 596 g/mol. The molecule has 0 aromatic heterocycles. The van der Waals surface area contributed by atoms with Crippen molar-refractivity contribution in [1.29, 1.82) is 0 Å². The van der Waals surface area contributed by atoms with Gasteiger partial charge in [-0.25, -0.2) is 4.79 Å². The third-order valence-corrected chi connectivity index (χ3v) is 8.68. The van der Waals surface area contributed by atoms with Crippen LogP contribution >= 0.6 is 11.6 Å². The molecule has 2 aromatic carbocycles. The van der Waals surface area contributed by atoms with E-state index in [-0.39, 0.29) is 30.9 Å². The first-order valence-corrected chi connectivity index (χ1v) is 14.9. The first kappa shape index (κ1) is 30.0. The number of amides is 4. The summed E-state index contributed by atoms with van der Waals surface area (Å²) in [6.45, 7) is 8.83. The summed E-state index contributed by atoms with van der Waals surface area (Å²) in [4.78, 5) is 53.4. The third kappa shape index (κ3) is 6.77. The molecule has 3 atom stereocenters. The lowest BCUT2D eigenvalue weighted by Crippen LogP contribution is -2.52. The van der Waals surface area contributed by atoms with E-state index in [1.54, 1.807) is 24.3 Å². The lowest BCUT2D eigenvalue weighted by Gasteiger charge is -2.29. The maximum absolute atomic E-state index is 13.1. The molecule has 2 aromatic rings. The molecule has 224 valence electrons. The summed E-state index contributed by atoms with van der Waals surface area (Å²) < 4.78 is 11.5. The maximum atomic E-state index is 13.1. The van der Waals surface area contributed by atoms with Crippen molar-refractivity contribution in [1.82, 2.24) is 15.1 Å². The third-order valence-electron chi connectivity index (χ3n) is 8.28. The van der Waals surface area contributed by atoms with Crippen molar-refractivity contribution in [3.8, 4) is 0 Å². The Morgan fingerprint density at radius 2 is 2.00 bits per heavy atom. The van der Waals surface area contributed by atoms with E-state index in [0.717, 1.165) is 42.6 Å². The van der Waals surface area contributed by atoms with Crippen molar-refractivity contribution in [2.24, 2.45) is 0 Å². The quantitative estimate of drug-likeness (QED) is 0.408. The van der Waals surface area contributed by atoms with Gasteiger partial charge in [-0.1, -0.05) is 30.7 Å². The van der Waals surface area contributed by atoms with Crippen LogP contribution in [0.25, 0.3) is 0 Å². The number of nitrogens with one attached hydrogen (secondary N) is 2. The van der Waals surface area contributed by atoms with Gasteiger partial charge in [-0.05, 0) is 80.1 Å². The summed E-state index contributed by atoms with van der Waals surface area (Å²) >= 11 is 6.53. The number of ether oxygens (including phenoxy) is 2. The standard InChI is InChI=1S/C31H37ClN4O6/c1-4-35(16-24-8-5-18(2)42-24)14-22-12-23(13-26(32)19(22)3)33-31(40)41-17-20-6-7-21-15-36(30(39)25(21)11-20)27-9-10-28(37)34-29(27)38/h6-7,11-13,18,24,27H,4-5,8-10,14-17H2,1-3H3,(H,33,40)(H,34,37,38). The van der Waals surface area contributed by atoms with Gasteiger partial charge in [-0.15, -0.1) is 0 Å². The second-order valence-corrected chi connectivity index (χ2v) is 11.7. The van der Waals surface area contributed by atoms with Gasteiger partial charge < -0.3 is 14.4 Å². The first-order valence-electron chi connectivity index (χ1n) is 14.5. The molecule has 3 aliphatic rings. The molecule has 2 fully saturated rings. The SMILES string of the molecule is CCN(Cc1cc(NC(=O)OCc2ccc3c(c2)C(=O)N(C2CCC(=O)NC2=O)C3)cc(Cl)c1C)CC1CCC(C)O1. The van der Waals surface area contributed by atoms with Crippen molar-refractivity contribution < 1.29 is 28.7 Å². The van der Waals surface area contributed by atoms with Crippen LogP contribution in [0.3, 0.4) is 0 Å². The molecule has 11 heteroatoms. The number of carbonyl (C=O) groups is 4. The number of imide groups is 1. The number of hydrogen-bond donors (Lipinski definition) is 2. The Morgan fingerprint density at radius 1 is 1.19 bits per heavy atom. The van der Waals surface area contributed by atoms with Gasteiger partial charge in [-0.2, -0.15) is 0 Å². The molecule has 0 saturated carbocycles. The van der Waals surface area contributed by atoms with Crippen LogP contribution < -0.4 is 10.6 Å². The number of anilines is 1. The molecule has 4 amide bonds. The average molecular weight is 597 g/mol. The Labute approximate surface area is 250 Å². The van der Waals surface area contributed by atoms with E-state index in [0.29, 0.717) is 47.5 Å². The van der Waals surface area contributed by atoms with E-state index in [1.807, 2.05) is 13.0 Å². The van der Waals surface area contributed by atoms with Gasteiger partial charge >= 0.3 is 6.09 Å². The van der Waals surface area contributed by atoms with Crippen LogP contribution in [0.2, 0.25) is 5.02 Å². The van der Waals surface area contributed by atoms with Crippen LogP contribution in [-0.4, -0.2) is 65.0 Å². The molecule has 0 spiro atoms. The molecule has 10 nitrogen and oxygen atoms in total. The van der Waals surface area contributed by atoms with Crippen molar-refractivity contribution in [3.63, 3.8) is 0 Å². The molecule has 3 heterocycles. The van der Waals surface area contributed by atoms with Gasteiger partial charge in [0.2, 0.25) is 11.8 Å². The zero-order valence-electron chi connectivity index (χ0n) is 24.2. The minimum absolute atomic E-state index is 0.0410. The molecule has 2 N–H and O–H groups in total. The van der Waals surface area contributed by atoms with Gasteiger partial charge in [0.05, 0.1) is 12.2 Å². The number of halogens is 1. The van der Waals surface area contributed by atoms with Crippen LogP contribution in [0, 0.1) is 6.92 Å². The number of hydrogen-bond acceptors (Lipinski definition) is 7. The number of rotatable bonds is 9. The van der Waals surface area contributed by atoms with E-state index in [4.69, 9.17) is 21.1 Å². The zero-order chi connectivity index (χ0) is 30.0. The molecule has 0 radical (unpaired) electrons. The zero-order valence-corrected chi connectivity index (χ0v) is 25.0. The van der Waals surface area contributed by atoms with E-state index >= 15 is 0 Å². The molecule has 0 bridgehead atoms. The van der Waals surface area contributed by atoms with Crippen molar-refractivity contribution >= 4 is 41.1 Å². The Kier molecular flexibility index (Phi) is 9.15. The maximum Gasteiger partial charge on any atom is 0.411 e. The van der Waals surface area contributed by atoms with Crippen LogP contribution in [0.15, 0.2) is 30.3 Å². The molecule has 3 aliphatic heterocycles. The fraction of sp³-hybridized carbons (Fsp3) is 0.484. The van der Waals surface area contributed by atoms with Gasteiger partial charge in [-0.3, -0.25) is 29.9 Å². The molecular formula is C31H37ClN4O6. The van der Waals surface area contributed by atoms with Crippen molar-refractivity contribution in [2.45, 2.75) is 84.4 Å². The Morgan fingerprint density at radius 3 is 2.71 bits per heavy atom. The molecule has 3 unspecified atom stereocenters. The molecule has 0 aliphatic carbocycles. The largest absolute Gasteiger partial charge is 0.444 e. The highest BCUT2D eigenvalue weighted by Gasteiger charge is 2.39. The summed E-state index contributed by atoms with van der Waals surface area (Å²) in [5, 5.41) is 5.64. The lowest BCUT2D eigenvalue weighted by atomic mass is 10.0. The normalized spacial score (nSPS) is 22.0. The van der Waals surface area contributed by atoms with Crippen LogP contribution in [0.1, 0.15) is 72.1 Å². The second-order valence-electron chi connectivity index (χ2n) is 11.3. The highest BCUT2D eigenvalue weighted by Crippen LogP contribution is 2.29. The van der Waals surface area contributed by atoms with E-state index in [1.165, 1.54) is 4.90 Å². The predicted octanol–water partition coefficient (Wildman–Crippen LogP) is 4.55. The second kappa shape index (κ2) is 12.8. The van der Waals surface area contributed by atoms with E-state index < -0.39 is 18.0 Å². The fourth-order valence-electron chi connectivity index (χ4n) is 5.82. The average Bonchev–Trinajstić information content (AvgIpc) is 3.51. The number of fused-ring (bicyclic) bond motifs is 1. The topological polar surface area (TPSA) is 117 Å². The number of carbonyl (C=O) groups excluding carboxylic acids is 4. The Balaban J connectivity index is 1.18. The highest BCUT2D eigenvalue weighted by atomic mass is 35.5. The number of nitrogens with zero attached hydrogens (tertiary/aromatic N) is 2. The van der Waals surface area contributed by atoms with Gasteiger partial charge in [0.1, 0.15) is 12.6 Å². The van der Waals surface area contributed by atoms with E-state index in [9.17, 15) is 19.2 Å². The summed E-state index contributed by atoms with van der Waals surface area (Å²) in [6, 6.07) is 8.23. The predicted molar refractivity (Wildman–Crippen MR) is 157 cm³/mol. The molecule has 2 saturated heterocycles. The minimum atomic E-state index is -0.677. The van der Waals surface area contributed by atoms with E-state index in [2.05, 4.69) is 29.4 Å².